The van der Waals surface area contributed by atoms with Gasteiger partial charge in [-0.25, -0.2) is 0 Å². The maximum atomic E-state index is 12.2. The first kappa shape index (κ1) is 13.8. The summed E-state index contributed by atoms with van der Waals surface area (Å²) in [5.41, 5.74) is 0. The van der Waals surface area contributed by atoms with Crippen molar-refractivity contribution in [3.63, 3.8) is 0 Å². The van der Waals surface area contributed by atoms with Crippen LogP contribution in [-0.4, -0.2) is 49.2 Å². The molecule has 104 valence electrons. The lowest BCUT2D eigenvalue weighted by Gasteiger charge is -2.30. The van der Waals surface area contributed by atoms with Crippen molar-refractivity contribution in [2.24, 2.45) is 0 Å². The first-order chi connectivity index (χ1) is 8.77. The highest BCUT2D eigenvalue weighted by Gasteiger charge is 2.23. The van der Waals surface area contributed by atoms with Gasteiger partial charge in [-0.1, -0.05) is 6.42 Å². The van der Waals surface area contributed by atoms with Crippen molar-refractivity contribution in [2.75, 3.05) is 26.2 Å². The predicted octanol–water partition coefficient (Wildman–Crippen LogP) is 1.55. The molecule has 2 atom stereocenters. The lowest BCUT2D eigenvalue weighted by Crippen LogP contribution is -2.44. The fraction of sp³-hybridized carbons (Fsp3) is 0.929. The number of rotatable bonds is 4. The van der Waals surface area contributed by atoms with E-state index in [2.05, 4.69) is 5.32 Å². The van der Waals surface area contributed by atoms with Crippen LogP contribution in [0.15, 0.2) is 0 Å². The highest BCUT2D eigenvalue weighted by molar-refractivity contribution is 5.80. The molecule has 1 amide bonds. The van der Waals surface area contributed by atoms with Crippen LogP contribution in [0.3, 0.4) is 0 Å². The summed E-state index contributed by atoms with van der Waals surface area (Å²) in [4.78, 5) is 14.1. The molecule has 18 heavy (non-hydrogen) atoms. The lowest BCUT2D eigenvalue weighted by molar-refractivity contribution is -0.144. The summed E-state index contributed by atoms with van der Waals surface area (Å²) in [7, 11) is 0. The second-order valence-electron chi connectivity index (χ2n) is 5.51. The van der Waals surface area contributed by atoms with Crippen LogP contribution in [0.2, 0.25) is 0 Å². The Morgan fingerprint density at radius 2 is 2.06 bits per heavy atom. The molecule has 4 nitrogen and oxygen atoms in total. The Balaban J connectivity index is 1.69. The normalized spacial score (nSPS) is 26.9. The molecule has 0 radical (unpaired) electrons. The van der Waals surface area contributed by atoms with Gasteiger partial charge in [0.05, 0.1) is 6.61 Å². The Bertz CT molecular complexity index is 259. The molecule has 2 aliphatic rings. The van der Waals surface area contributed by atoms with E-state index in [4.69, 9.17) is 4.74 Å². The van der Waals surface area contributed by atoms with Crippen molar-refractivity contribution >= 4 is 5.91 Å². The quantitative estimate of drug-likeness (QED) is 0.827. The first-order valence-electron chi connectivity index (χ1n) is 7.41. The molecule has 2 unspecified atom stereocenters. The minimum atomic E-state index is -0.285. The van der Waals surface area contributed by atoms with Gasteiger partial charge in [0, 0.05) is 19.1 Å². The van der Waals surface area contributed by atoms with E-state index in [1.54, 1.807) is 0 Å². The largest absolute Gasteiger partial charge is 0.367 e. The van der Waals surface area contributed by atoms with Crippen molar-refractivity contribution < 1.29 is 9.53 Å². The van der Waals surface area contributed by atoms with Crippen molar-refractivity contribution in [1.82, 2.24) is 10.2 Å². The van der Waals surface area contributed by atoms with Crippen LogP contribution < -0.4 is 5.32 Å². The molecule has 0 aromatic heterocycles. The van der Waals surface area contributed by atoms with Gasteiger partial charge < -0.3 is 15.0 Å². The van der Waals surface area contributed by atoms with E-state index in [1.807, 2.05) is 11.8 Å². The topological polar surface area (TPSA) is 41.6 Å². The number of hydrogen-bond donors (Lipinski definition) is 1. The Labute approximate surface area is 110 Å². The van der Waals surface area contributed by atoms with E-state index in [0.717, 1.165) is 32.5 Å². The average Bonchev–Trinajstić information content (AvgIpc) is 2.46. The summed E-state index contributed by atoms with van der Waals surface area (Å²) >= 11 is 0. The van der Waals surface area contributed by atoms with Crippen LogP contribution in [0.25, 0.3) is 0 Å². The molecule has 2 heterocycles. The number of carbonyl (C=O) groups is 1. The molecular weight excluding hydrogens is 228 g/mol. The molecule has 2 rings (SSSR count). The molecule has 0 bridgehead atoms. The molecule has 2 saturated heterocycles. The summed E-state index contributed by atoms with van der Waals surface area (Å²) in [6.45, 7) is 5.46. The molecule has 0 aliphatic carbocycles. The van der Waals surface area contributed by atoms with Gasteiger partial charge in [0.2, 0.25) is 0 Å². The van der Waals surface area contributed by atoms with E-state index in [0.29, 0.717) is 12.6 Å². The minimum absolute atomic E-state index is 0.172. The lowest BCUT2D eigenvalue weighted by atomic mass is 10.1. The van der Waals surface area contributed by atoms with Crippen LogP contribution in [-0.2, 0) is 9.53 Å². The summed E-state index contributed by atoms with van der Waals surface area (Å²) in [6.07, 6.45) is 6.96. The van der Waals surface area contributed by atoms with Gasteiger partial charge in [0.1, 0.15) is 6.10 Å². The maximum absolute atomic E-state index is 12.2. The number of amides is 1. The Morgan fingerprint density at radius 1 is 1.28 bits per heavy atom. The molecule has 0 aromatic rings. The third-order valence-electron chi connectivity index (χ3n) is 3.98. The van der Waals surface area contributed by atoms with Crippen molar-refractivity contribution in [1.29, 1.82) is 0 Å². The van der Waals surface area contributed by atoms with Crippen LogP contribution >= 0.6 is 0 Å². The van der Waals surface area contributed by atoms with Gasteiger partial charge in [-0.2, -0.15) is 0 Å². The van der Waals surface area contributed by atoms with E-state index in [1.165, 1.54) is 25.7 Å². The first-order valence-corrected chi connectivity index (χ1v) is 7.41. The number of nitrogens with one attached hydrogen (secondary N) is 1. The van der Waals surface area contributed by atoms with Gasteiger partial charge in [-0.05, 0) is 45.6 Å². The Kier molecular flexibility index (Phi) is 5.45. The van der Waals surface area contributed by atoms with Gasteiger partial charge in [0.25, 0.3) is 5.91 Å². The number of hydrogen-bond acceptors (Lipinski definition) is 3. The number of ether oxygens (including phenoxy) is 1. The molecule has 0 aromatic carbocycles. The highest BCUT2D eigenvalue weighted by atomic mass is 16.5. The third-order valence-corrected chi connectivity index (χ3v) is 3.98. The van der Waals surface area contributed by atoms with Gasteiger partial charge >= 0.3 is 0 Å². The number of likely N-dealkylation sites (tertiary alicyclic amines) is 1. The van der Waals surface area contributed by atoms with Crippen LogP contribution in [0, 0.1) is 0 Å². The number of nitrogens with zero attached hydrogens (tertiary/aromatic N) is 1. The average molecular weight is 254 g/mol. The standard InChI is InChI=1S/C14H26N2O2/c1-12(14(17)16-9-5-2-6-10-16)18-11-13-7-3-4-8-15-13/h12-13,15H,2-11H2,1H3. The fourth-order valence-electron chi connectivity index (χ4n) is 2.77. The van der Waals surface area contributed by atoms with Crippen LogP contribution in [0.4, 0.5) is 0 Å². The minimum Gasteiger partial charge on any atom is -0.367 e. The molecule has 4 heteroatoms. The summed E-state index contributed by atoms with van der Waals surface area (Å²) < 4.78 is 5.74. The summed E-state index contributed by atoms with van der Waals surface area (Å²) in [5.74, 6) is 0.172. The third kappa shape index (κ3) is 3.95. The zero-order chi connectivity index (χ0) is 12.8. The van der Waals surface area contributed by atoms with Crippen LogP contribution in [0.5, 0.6) is 0 Å². The van der Waals surface area contributed by atoms with Crippen LogP contribution in [0.1, 0.15) is 45.4 Å². The van der Waals surface area contributed by atoms with E-state index >= 15 is 0 Å². The van der Waals surface area contributed by atoms with Gasteiger partial charge in [0.15, 0.2) is 0 Å². The zero-order valence-corrected chi connectivity index (χ0v) is 11.5. The summed E-state index contributed by atoms with van der Waals surface area (Å²) in [6, 6.07) is 0.440. The Hall–Kier alpha value is -0.610. The predicted molar refractivity (Wildman–Crippen MR) is 71.5 cm³/mol. The van der Waals surface area contributed by atoms with E-state index < -0.39 is 0 Å². The summed E-state index contributed by atoms with van der Waals surface area (Å²) in [5, 5.41) is 3.44. The fourth-order valence-corrected chi connectivity index (χ4v) is 2.77. The zero-order valence-electron chi connectivity index (χ0n) is 11.5. The van der Waals surface area contributed by atoms with Crippen molar-refractivity contribution in [2.45, 2.75) is 57.6 Å². The van der Waals surface area contributed by atoms with Crippen molar-refractivity contribution in [3.05, 3.63) is 0 Å². The molecule has 0 saturated carbocycles. The molecule has 2 aliphatic heterocycles. The SMILES string of the molecule is CC(OCC1CCCCN1)C(=O)N1CCCCC1. The van der Waals surface area contributed by atoms with Crippen molar-refractivity contribution in [3.8, 4) is 0 Å². The number of carbonyl (C=O) groups excluding carboxylic acids is 1. The molecule has 2 fully saturated rings. The maximum Gasteiger partial charge on any atom is 0.251 e. The van der Waals surface area contributed by atoms with Gasteiger partial charge in [-0.3, -0.25) is 4.79 Å². The second kappa shape index (κ2) is 7.10. The van der Waals surface area contributed by atoms with E-state index in [-0.39, 0.29) is 12.0 Å². The second-order valence-corrected chi connectivity index (χ2v) is 5.51. The number of piperidine rings is 2. The Morgan fingerprint density at radius 3 is 2.72 bits per heavy atom. The molecule has 1 N–H and O–H groups in total. The van der Waals surface area contributed by atoms with E-state index in [9.17, 15) is 4.79 Å². The molecular formula is C14H26N2O2. The monoisotopic (exact) mass is 254 g/mol. The molecule has 0 spiro atoms. The smallest absolute Gasteiger partial charge is 0.251 e. The highest BCUT2D eigenvalue weighted by Crippen LogP contribution is 2.12. The van der Waals surface area contributed by atoms with Gasteiger partial charge in [-0.15, -0.1) is 0 Å².